The minimum atomic E-state index is -0.0568. The summed E-state index contributed by atoms with van der Waals surface area (Å²) in [6.07, 6.45) is 5.75. The van der Waals surface area contributed by atoms with Gasteiger partial charge in [0.1, 0.15) is 5.58 Å². The Morgan fingerprint density at radius 1 is 1.14 bits per heavy atom. The van der Waals surface area contributed by atoms with Gasteiger partial charge in [-0.15, -0.1) is 11.8 Å². The van der Waals surface area contributed by atoms with E-state index < -0.39 is 0 Å². The van der Waals surface area contributed by atoms with Crippen molar-refractivity contribution in [3.63, 3.8) is 0 Å². The first-order chi connectivity index (χ1) is 10.5. The summed E-state index contributed by atoms with van der Waals surface area (Å²) in [5.41, 5.74) is 1.53. The summed E-state index contributed by atoms with van der Waals surface area (Å²) in [5, 5.41) is 0.596. The van der Waals surface area contributed by atoms with Crippen molar-refractivity contribution >= 4 is 28.8 Å². The minimum absolute atomic E-state index is 0.0413. The maximum Gasteiger partial charge on any atom is 0.193 e. The van der Waals surface area contributed by atoms with Crippen LogP contribution in [0.3, 0.4) is 0 Å². The predicted octanol–water partition coefficient (Wildman–Crippen LogP) is 4.95. The van der Waals surface area contributed by atoms with Gasteiger partial charge < -0.3 is 8.83 Å². The Bertz CT molecular complexity index is 946. The van der Waals surface area contributed by atoms with Crippen molar-refractivity contribution < 1.29 is 8.83 Å². The van der Waals surface area contributed by atoms with Crippen molar-refractivity contribution in [2.75, 3.05) is 0 Å². The fraction of sp³-hybridized carbons (Fsp3) is 0.167. The Balaban J connectivity index is 2.02. The van der Waals surface area contributed by atoms with E-state index in [1.54, 1.807) is 30.2 Å². The number of furan rings is 1. The fourth-order valence-corrected chi connectivity index (χ4v) is 3.72. The van der Waals surface area contributed by atoms with Crippen molar-refractivity contribution in [1.29, 1.82) is 0 Å². The number of thioether (sulfide) groups is 1. The summed E-state index contributed by atoms with van der Waals surface area (Å²) in [7, 11) is 0. The Kier molecular flexibility index (Phi) is 2.84. The van der Waals surface area contributed by atoms with Crippen LogP contribution < -0.4 is 5.43 Å². The van der Waals surface area contributed by atoms with E-state index >= 15 is 0 Å². The monoisotopic (exact) mass is 310 g/mol. The summed E-state index contributed by atoms with van der Waals surface area (Å²) in [6, 6.07) is 8.88. The lowest BCUT2D eigenvalue weighted by Crippen LogP contribution is -2.13. The maximum atomic E-state index is 12.4. The molecule has 4 heteroatoms. The first-order valence-electron chi connectivity index (χ1n) is 7.06. The smallest absolute Gasteiger partial charge is 0.193 e. The third-order valence-electron chi connectivity index (χ3n) is 3.68. The third-order valence-corrected chi connectivity index (χ3v) is 4.92. The molecule has 3 nitrogen and oxygen atoms in total. The van der Waals surface area contributed by atoms with E-state index in [1.165, 1.54) is 6.07 Å². The first-order valence-corrected chi connectivity index (χ1v) is 7.88. The van der Waals surface area contributed by atoms with Crippen LogP contribution in [0.4, 0.5) is 0 Å². The van der Waals surface area contributed by atoms with Gasteiger partial charge >= 0.3 is 0 Å². The van der Waals surface area contributed by atoms with Crippen LogP contribution in [0.25, 0.3) is 28.6 Å². The SMILES string of the molecule is CC1(C)C=Cc2c(ccc3c(=O)cc(-c4ccco4)oc23)S1. The minimum Gasteiger partial charge on any atom is -0.461 e. The summed E-state index contributed by atoms with van der Waals surface area (Å²) < 4.78 is 11.4. The lowest BCUT2D eigenvalue weighted by Gasteiger charge is -2.25. The predicted molar refractivity (Wildman–Crippen MR) is 89.2 cm³/mol. The average Bonchev–Trinajstić information content (AvgIpc) is 2.99. The van der Waals surface area contributed by atoms with Crippen LogP contribution in [0.15, 0.2) is 61.2 Å². The molecule has 110 valence electrons. The van der Waals surface area contributed by atoms with Gasteiger partial charge in [0.2, 0.25) is 0 Å². The fourth-order valence-electron chi connectivity index (χ4n) is 2.61. The maximum absolute atomic E-state index is 12.4. The zero-order chi connectivity index (χ0) is 15.3. The van der Waals surface area contributed by atoms with E-state index in [0.717, 1.165) is 10.5 Å². The van der Waals surface area contributed by atoms with Crippen LogP contribution in [-0.4, -0.2) is 4.75 Å². The molecule has 1 aliphatic rings. The molecule has 0 radical (unpaired) electrons. The molecule has 0 aliphatic carbocycles. The third kappa shape index (κ3) is 2.11. The van der Waals surface area contributed by atoms with Crippen molar-refractivity contribution in [1.82, 2.24) is 0 Å². The molecule has 4 rings (SSSR count). The number of fused-ring (bicyclic) bond motifs is 3. The number of hydrogen-bond acceptors (Lipinski definition) is 4. The normalized spacial score (nSPS) is 15.9. The van der Waals surface area contributed by atoms with Gasteiger partial charge in [-0.3, -0.25) is 4.79 Å². The van der Waals surface area contributed by atoms with E-state index in [0.29, 0.717) is 22.5 Å². The van der Waals surface area contributed by atoms with Gasteiger partial charge in [-0.25, -0.2) is 0 Å². The number of hydrogen-bond donors (Lipinski definition) is 0. The molecule has 0 amide bonds. The largest absolute Gasteiger partial charge is 0.461 e. The lowest BCUT2D eigenvalue weighted by atomic mass is 10.1. The zero-order valence-corrected chi connectivity index (χ0v) is 13.1. The molecule has 22 heavy (non-hydrogen) atoms. The van der Waals surface area contributed by atoms with Gasteiger partial charge in [0, 0.05) is 21.3 Å². The molecule has 3 aromatic rings. The molecule has 2 aromatic heterocycles. The second-order valence-corrected chi connectivity index (χ2v) is 7.54. The molecule has 0 fully saturated rings. The van der Waals surface area contributed by atoms with Crippen molar-refractivity contribution in [3.8, 4) is 11.5 Å². The second kappa shape index (κ2) is 4.65. The molecule has 0 spiro atoms. The van der Waals surface area contributed by atoms with Gasteiger partial charge in [0.25, 0.3) is 0 Å². The van der Waals surface area contributed by atoms with Crippen LogP contribution in [0, 0.1) is 0 Å². The Morgan fingerprint density at radius 2 is 2.00 bits per heavy atom. The van der Waals surface area contributed by atoms with Crippen molar-refractivity contribution in [2.45, 2.75) is 23.5 Å². The zero-order valence-electron chi connectivity index (χ0n) is 12.3. The molecule has 0 saturated carbocycles. The average molecular weight is 310 g/mol. The molecule has 1 aromatic carbocycles. The molecular weight excluding hydrogens is 296 g/mol. The van der Waals surface area contributed by atoms with E-state index in [-0.39, 0.29) is 10.2 Å². The molecule has 0 unspecified atom stereocenters. The Morgan fingerprint density at radius 3 is 2.77 bits per heavy atom. The lowest BCUT2D eigenvalue weighted by molar-refractivity contribution is 0.536. The summed E-state index contributed by atoms with van der Waals surface area (Å²) in [6.45, 7) is 4.33. The van der Waals surface area contributed by atoms with Gasteiger partial charge in [-0.05, 0) is 38.1 Å². The molecular formula is C18H14O3S. The van der Waals surface area contributed by atoms with Crippen LogP contribution in [0.1, 0.15) is 19.4 Å². The second-order valence-electron chi connectivity index (χ2n) is 5.85. The van der Waals surface area contributed by atoms with Gasteiger partial charge in [-0.1, -0.05) is 12.2 Å². The van der Waals surface area contributed by atoms with Crippen molar-refractivity contribution in [3.05, 3.63) is 58.5 Å². The molecule has 1 aliphatic heterocycles. The van der Waals surface area contributed by atoms with Gasteiger partial charge in [0.15, 0.2) is 16.9 Å². The number of rotatable bonds is 1. The topological polar surface area (TPSA) is 43.4 Å². The standard InChI is InChI=1S/C18H14O3S/c1-18(2)8-7-12-16(22-18)6-5-11-13(19)10-15(21-17(11)12)14-4-3-9-20-14/h3-10H,1-2H3. The highest BCUT2D eigenvalue weighted by Gasteiger charge is 2.24. The quantitative estimate of drug-likeness (QED) is 0.638. The highest BCUT2D eigenvalue weighted by molar-refractivity contribution is 8.01. The van der Waals surface area contributed by atoms with Gasteiger partial charge in [-0.2, -0.15) is 0 Å². The van der Waals surface area contributed by atoms with Crippen LogP contribution in [0.5, 0.6) is 0 Å². The summed E-state index contributed by atoms with van der Waals surface area (Å²) in [4.78, 5) is 13.5. The molecule has 3 heterocycles. The Hall–Kier alpha value is -2.20. The van der Waals surface area contributed by atoms with Crippen LogP contribution in [0.2, 0.25) is 0 Å². The van der Waals surface area contributed by atoms with E-state index in [2.05, 4.69) is 19.9 Å². The molecule has 0 N–H and O–H groups in total. The van der Waals surface area contributed by atoms with Crippen molar-refractivity contribution in [2.24, 2.45) is 0 Å². The Labute approximate surface area is 131 Å². The molecule has 0 bridgehead atoms. The van der Waals surface area contributed by atoms with Gasteiger partial charge in [0.05, 0.1) is 11.6 Å². The molecule has 0 saturated heterocycles. The van der Waals surface area contributed by atoms with E-state index in [4.69, 9.17) is 8.83 Å². The summed E-state index contributed by atoms with van der Waals surface area (Å²) in [5.74, 6) is 1.02. The molecule has 0 atom stereocenters. The van der Waals surface area contributed by atoms with Crippen LogP contribution in [-0.2, 0) is 0 Å². The van der Waals surface area contributed by atoms with E-state index in [9.17, 15) is 4.79 Å². The first kappa shape index (κ1) is 13.5. The summed E-state index contributed by atoms with van der Waals surface area (Å²) >= 11 is 1.77. The van der Waals surface area contributed by atoms with E-state index in [1.807, 2.05) is 18.2 Å². The highest BCUT2D eigenvalue weighted by Crippen LogP contribution is 2.43. The highest BCUT2D eigenvalue weighted by atomic mass is 32.2. The number of benzene rings is 1. The van der Waals surface area contributed by atoms with Crippen LogP contribution >= 0.6 is 11.8 Å².